The molecule has 1 fully saturated rings. The molecule has 8 heteroatoms. The van der Waals surface area contributed by atoms with Gasteiger partial charge in [0, 0.05) is 29.6 Å². The third-order valence-corrected chi connectivity index (χ3v) is 4.56. The van der Waals surface area contributed by atoms with Crippen LogP contribution in [-0.2, 0) is 0 Å². The second-order valence-electron chi connectivity index (χ2n) is 6.25. The van der Waals surface area contributed by atoms with Crippen LogP contribution in [0.5, 0.6) is 0 Å². The molecule has 4 rings (SSSR count). The van der Waals surface area contributed by atoms with Crippen LogP contribution in [0, 0.1) is 6.92 Å². The Bertz CT molecular complexity index is 913. The fourth-order valence-corrected chi connectivity index (χ4v) is 3.41. The largest absolute Gasteiger partial charge is 0.383 e. The third kappa shape index (κ3) is 2.40. The molecule has 3 aromatic rings. The minimum Gasteiger partial charge on any atom is -0.383 e. The highest BCUT2D eigenvalue weighted by molar-refractivity contribution is 6.11. The van der Waals surface area contributed by atoms with E-state index in [-0.39, 0.29) is 0 Å². The Morgan fingerprint density at radius 3 is 2.83 bits per heavy atom. The average molecular weight is 324 g/mol. The quantitative estimate of drug-likeness (QED) is 0.503. The van der Waals surface area contributed by atoms with Crippen LogP contribution in [0.2, 0.25) is 0 Å². The number of fused-ring (bicyclic) bond motifs is 1. The fraction of sp³-hybridized carbons (Fsp3) is 0.375. The van der Waals surface area contributed by atoms with Gasteiger partial charge < -0.3 is 16.0 Å². The first kappa shape index (κ1) is 14.7. The fourth-order valence-electron chi connectivity index (χ4n) is 3.41. The lowest BCUT2D eigenvalue weighted by Crippen LogP contribution is -2.13. The molecule has 1 aliphatic rings. The summed E-state index contributed by atoms with van der Waals surface area (Å²) in [5.41, 5.74) is 14.9. The SMILES string of the molecule is Cc1cc(N=C(N)c2cn(C3CCCC3)c3ncnc(N)c23)n[nH]1. The lowest BCUT2D eigenvalue weighted by Gasteiger charge is -2.12. The highest BCUT2D eigenvalue weighted by Gasteiger charge is 2.23. The zero-order valence-corrected chi connectivity index (χ0v) is 13.5. The number of nitrogens with two attached hydrogens (primary N) is 2. The normalized spacial score (nSPS) is 16.3. The van der Waals surface area contributed by atoms with Gasteiger partial charge in [0.05, 0.1) is 5.39 Å². The zero-order valence-electron chi connectivity index (χ0n) is 13.5. The zero-order chi connectivity index (χ0) is 16.7. The van der Waals surface area contributed by atoms with E-state index in [4.69, 9.17) is 11.5 Å². The van der Waals surface area contributed by atoms with Gasteiger partial charge in [0.2, 0.25) is 0 Å². The molecule has 0 aromatic carbocycles. The van der Waals surface area contributed by atoms with Crippen molar-refractivity contribution in [2.45, 2.75) is 38.6 Å². The van der Waals surface area contributed by atoms with Crippen molar-refractivity contribution < 1.29 is 0 Å². The lowest BCUT2D eigenvalue weighted by atomic mass is 10.2. The van der Waals surface area contributed by atoms with Crippen molar-refractivity contribution in [1.29, 1.82) is 0 Å². The second-order valence-corrected chi connectivity index (χ2v) is 6.25. The number of amidine groups is 1. The molecular weight excluding hydrogens is 304 g/mol. The van der Waals surface area contributed by atoms with Crippen LogP contribution in [0.15, 0.2) is 23.6 Å². The molecule has 0 spiro atoms. The van der Waals surface area contributed by atoms with Crippen molar-refractivity contribution in [3.63, 3.8) is 0 Å². The van der Waals surface area contributed by atoms with Gasteiger partial charge in [0.25, 0.3) is 0 Å². The Morgan fingerprint density at radius 2 is 2.12 bits per heavy atom. The summed E-state index contributed by atoms with van der Waals surface area (Å²) in [4.78, 5) is 13.0. The number of nitrogens with one attached hydrogen (secondary N) is 1. The van der Waals surface area contributed by atoms with Crippen LogP contribution < -0.4 is 11.5 Å². The van der Waals surface area contributed by atoms with Gasteiger partial charge in [-0.1, -0.05) is 12.8 Å². The molecule has 0 atom stereocenters. The number of anilines is 1. The second kappa shape index (κ2) is 5.63. The molecule has 1 aliphatic carbocycles. The molecule has 0 saturated heterocycles. The Hall–Kier alpha value is -2.90. The molecule has 0 aliphatic heterocycles. The molecule has 3 aromatic heterocycles. The van der Waals surface area contributed by atoms with Crippen LogP contribution in [0.4, 0.5) is 11.6 Å². The highest BCUT2D eigenvalue weighted by Crippen LogP contribution is 2.34. The summed E-state index contributed by atoms with van der Waals surface area (Å²) in [7, 11) is 0. The highest BCUT2D eigenvalue weighted by atomic mass is 15.2. The van der Waals surface area contributed by atoms with E-state index in [1.54, 1.807) is 0 Å². The van der Waals surface area contributed by atoms with Crippen LogP contribution in [0.3, 0.4) is 0 Å². The van der Waals surface area contributed by atoms with Gasteiger partial charge in [-0.3, -0.25) is 5.10 Å². The van der Waals surface area contributed by atoms with Crippen LogP contribution >= 0.6 is 0 Å². The van der Waals surface area contributed by atoms with Crippen molar-refractivity contribution in [3.05, 3.63) is 29.8 Å². The number of nitrogens with zero attached hydrogens (tertiary/aromatic N) is 5. The number of aromatic amines is 1. The van der Waals surface area contributed by atoms with Gasteiger partial charge >= 0.3 is 0 Å². The van der Waals surface area contributed by atoms with Gasteiger partial charge in [0.1, 0.15) is 23.6 Å². The van der Waals surface area contributed by atoms with E-state index in [0.717, 1.165) is 35.1 Å². The van der Waals surface area contributed by atoms with E-state index in [9.17, 15) is 0 Å². The topological polar surface area (TPSA) is 124 Å². The molecule has 8 nitrogen and oxygen atoms in total. The van der Waals surface area contributed by atoms with E-state index >= 15 is 0 Å². The third-order valence-electron chi connectivity index (χ3n) is 4.56. The Kier molecular flexibility index (Phi) is 3.44. The van der Waals surface area contributed by atoms with E-state index in [1.165, 1.54) is 19.2 Å². The van der Waals surface area contributed by atoms with E-state index < -0.39 is 0 Å². The Morgan fingerprint density at radius 1 is 1.33 bits per heavy atom. The first-order valence-corrected chi connectivity index (χ1v) is 8.11. The van der Waals surface area contributed by atoms with Gasteiger partial charge in [-0.25, -0.2) is 15.0 Å². The summed E-state index contributed by atoms with van der Waals surface area (Å²) in [6, 6.07) is 2.26. The molecule has 0 bridgehead atoms. The summed E-state index contributed by atoms with van der Waals surface area (Å²) >= 11 is 0. The van der Waals surface area contributed by atoms with E-state index in [2.05, 4.69) is 29.7 Å². The van der Waals surface area contributed by atoms with Gasteiger partial charge in [-0.2, -0.15) is 5.10 Å². The number of H-pyrrole nitrogens is 1. The van der Waals surface area contributed by atoms with Crippen LogP contribution in [0.25, 0.3) is 11.0 Å². The van der Waals surface area contributed by atoms with E-state index in [0.29, 0.717) is 23.5 Å². The minimum absolute atomic E-state index is 0.366. The molecule has 24 heavy (non-hydrogen) atoms. The first-order valence-electron chi connectivity index (χ1n) is 8.11. The maximum absolute atomic E-state index is 6.25. The first-order chi connectivity index (χ1) is 11.6. The van der Waals surface area contributed by atoms with Gasteiger partial charge in [0.15, 0.2) is 5.82 Å². The maximum atomic E-state index is 6.25. The molecule has 1 saturated carbocycles. The Balaban J connectivity index is 1.86. The number of aromatic nitrogens is 5. The lowest BCUT2D eigenvalue weighted by molar-refractivity contribution is 0.532. The van der Waals surface area contributed by atoms with Crippen LogP contribution in [-0.4, -0.2) is 30.6 Å². The van der Waals surface area contributed by atoms with Crippen molar-refractivity contribution in [3.8, 4) is 0 Å². The number of hydrogen-bond donors (Lipinski definition) is 3. The summed E-state index contributed by atoms with van der Waals surface area (Å²) in [5.74, 6) is 1.33. The van der Waals surface area contributed by atoms with E-state index in [1.807, 2.05) is 19.2 Å². The van der Waals surface area contributed by atoms with Crippen LogP contribution in [0.1, 0.15) is 43.0 Å². The number of aryl methyl sites for hydroxylation is 1. The molecule has 3 heterocycles. The molecule has 0 radical (unpaired) electrons. The van der Waals surface area contributed by atoms with Crippen molar-refractivity contribution in [2.75, 3.05) is 5.73 Å². The monoisotopic (exact) mass is 324 g/mol. The molecule has 0 unspecified atom stereocenters. The number of rotatable bonds is 3. The summed E-state index contributed by atoms with van der Waals surface area (Å²) in [6.45, 7) is 1.92. The van der Waals surface area contributed by atoms with Crippen molar-refractivity contribution in [2.24, 2.45) is 10.7 Å². The number of aliphatic imine (C=N–C) groups is 1. The van der Waals surface area contributed by atoms with Crippen molar-refractivity contribution >= 4 is 28.5 Å². The molecule has 0 amide bonds. The number of nitrogen functional groups attached to an aromatic ring is 1. The molecule has 5 N–H and O–H groups in total. The molecular formula is C16H20N8. The minimum atomic E-state index is 0.366. The predicted octanol–water partition coefficient (Wildman–Crippen LogP) is 2.20. The molecule has 124 valence electrons. The summed E-state index contributed by atoms with van der Waals surface area (Å²) in [6.07, 6.45) is 8.25. The Labute approximate surface area is 139 Å². The maximum Gasteiger partial charge on any atom is 0.175 e. The summed E-state index contributed by atoms with van der Waals surface area (Å²) in [5, 5.41) is 7.72. The van der Waals surface area contributed by atoms with Gasteiger partial charge in [-0.05, 0) is 19.8 Å². The van der Waals surface area contributed by atoms with Crippen molar-refractivity contribution in [1.82, 2.24) is 24.7 Å². The predicted molar refractivity (Wildman–Crippen MR) is 93.2 cm³/mol. The summed E-state index contributed by atoms with van der Waals surface area (Å²) < 4.78 is 2.17. The standard InChI is InChI=1S/C16H20N8/c1-9-6-12(23-22-9)21-14(17)11-7-24(10-4-2-3-5-10)16-13(11)15(18)19-8-20-16/h6-8,10H,2-5H2,1H3,(H2,18,19,20)(H3,17,21,22,23). The van der Waals surface area contributed by atoms with Gasteiger partial charge in [-0.15, -0.1) is 0 Å². The smallest absolute Gasteiger partial charge is 0.175 e. The average Bonchev–Trinajstić information content (AvgIpc) is 3.26. The number of hydrogen-bond acceptors (Lipinski definition) is 5.